The van der Waals surface area contributed by atoms with Gasteiger partial charge in [-0.05, 0) is 42.8 Å². The third-order valence-electron chi connectivity index (χ3n) is 6.80. The van der Waals surface area contributed by atoms with Crippen molar-refractivity contribution in [1.29, 1.82) is 0 Å². The molecule has 0 atom stereocenters. The molecule has 1 fully saturated rings. The van der Waals surface area contributed by atoms with Crippen LogP contribution < -0.4 is 5.32 Å². The van der Waals surface area contributed by atoms with E-state index in [9.17, 15) is 0 Å². The molecule has 1 saturated heterocycles. The molecule has 0 unspecified atom stereocenters. The summed E-state index contributed by atoms with van der Waals surface area (Å²) < 4.78 is 0. The fraction of sp³-hybridized carbons (Fsp3) is 0.370. The van der Waals surface area contributed by atoms with Crippen LogP contribution in [0.2, 0.25) is 0 Å². The Morgan fingerprint density at radius 3 is 2.48 bits per heavy atom. The Morgan fingerprint density at radius 1 is 1.06 bits per heavy atom. The van der Waals surface area contributed by atoms with Crippen molar-refractivity contribution in [1.82, 2.24) is 20.1 Å². The Bertz CT molecular complexity index is 1050. The van der Waals surface area contributed by atoms with E-state index in [0.29, 0.717) is 0 Å². The number of hydrogen-bond donors (Lipinski definition) is 1. The van der Waals surface area contributed by atoms with Crippen LogP contribution in [-0.4, -0.2) is 54.6 Å². The quantitative estimate of drug-likeness (QED) is 0.797. The van der Waals surface area contributed by atoms with Gasteiger partial charge in [0.1, 0.15) is 0 Å². The van der Waals surface area contributed by atoms with Crippen molar-refractivity contribution in [3.8, 4) is 0 Å². The predicted molar refractivity (Wildman–Crippen MR) is 132 cm³/mol. The van der Waals surface area contributed by atoms with Crippen LogP contribution in [0.3, 0.4) is 0 Å². The summed E-state index contributed by atoms with van der Waals surface area (Å²) in [6.45, 7) is 24.6. The minimum atomic E-state index is 0.0394. The average Bonchev–Trinajstić information content (AvgIpc) is 2.76. The molecule has 2 aliphatic rings. The van der Waals surface area contributed by atoms with Gasteiger partial charge in [0.05, 0.1) is 0 Å². The van der Waals surface area contributed by atoms with Crippen molar-refractivity contribution in [2.24, 2.45) is 0 Å². The summed E-state index contributed by atoms with van der Waals surface area (Å²) in [7, 11) is 2.17. The maximum absolute atomic E-state index is 4.70. The molecule has 4 rings (SSSR count). The number of nitrogens with one attached hydrogen (secondary N) is 1. The van der Waals surface area contributed by atoms with Crippen LogP contribution in [-0.2, 0) is 5.41 Å². The Labute approximate surface area is 187 Å². The van der Waals surface area contributed by atoms with Gasteiger partial charge in [-0.15, -0.1) is 0 Å². The topological polar surface area (TPSA) is 31.4 Å². The molecule has 0 saturated carbocycles. The van der Waals surface area contributed by atoms with Gasteiger partial charge < -0.3 is 15.1 Å². The lowest BCUT2D eigenvalue weighted by Crippen LogP contribution is -2.43. The Morgan fingerprint density at radius 2 is 1.77 bits per heavy atom. The van der Waals surface area contributed by atoms with Gasteiger partial charge in [0, 0.05) is 78.1 Å². The third kappa shape index (κ3) is 4.05. The number of pyridine rings is 1. The number of fused-ring (bicyclic) bond motifs is 1. The van der Waals surface area contributed by atoms with E-state index in [2.05, 4.69) is 86.9 Å². The maximum Gasteiger partial charge on any atom is 0.0451 e. The summed E-state index contributed by atoms with van der Waals surface area (Å²) in [6.07, 6.45) is 1.94. The van der Waals surface area contributed by atoms with E-state index in [4.69, 9.17) is 4.98 Å². The lowest BCUT2D eigenvalue weighted by molar-refractivity contribution is 0.207. The molecule has 0 amide bonds. The third-order valence-corrected chi connectivity index (χ3v) is 6.80. The molecule has 4 nitrogen and oxygen atoms in total. The summed E-state index contributed by atoms with van der Waals surface area (Å²) in [4.78, 5) is 9.42. The van der Waals surface area contributed by atoms with Crippen molar-refractivity contribution < 1.29 is 0 Å². The molecule has 1 aromatic carbocycles. The van der Waals surface area contributed by atoms with Crippen molar-refractivity contribution >= 4 is 17.0 Å². The summed E-state index contributed by atoms with van der Waals surface area (Å²) in [6, 6.07) is 8.81. The summed E-state index contributed by atoms with van der Waals surface area (Å²) in [5.41, 5.74) is 9.87. The van der Waals surface area contributed by atoms with Crippen LogP contribution in [0, 0.1) is 6.92 Å². The molecular formula is C27H34N4. The lowest BCUT2D eigenvalue weighted by atomic mass is 9.77. The maximum atomic E-state index is 4.70. The van der Waals surface area contributed by atoms with Crippen LogP contribution in [0.15, 0.2) is 50.2 Å². The molecule has 1 aromatic heterocycles. The van der Waals surface area contributed by atoms with Gasteiger partial charge in [0.25, 0.3) is 0 Å². The average molecular weight is 415 g/mol. The van der Waals surface area contributed by atoms with E-state index >= 15 is 0 Å². The van der Waals surface area contributed by atoms with Gasteiger partial charge >= 0.3 is 0 Å². The summed E-state index contributed by atoms with van der Waals surface area (Å²) >= 11 is 0. The van der Waals surface area contributed by atoms with E-state index < -0.39 is 0 Å². The highest BCUT2D eigenvalue weighted by molar-refractivity contribution is 5.82. The minimum absolute atomic E-state index is 0.0394. The first-order valence-electron chi connectivity index (χ1n) is 11.0. The highest BCUT2D eigenvalue weighted by Gasteiger charge is 2.29. The van der Waals surface area contributed by atoms with Gasteiger partial charge in [-0.25, -0.2) is 0 Å². The van der Waals surface area contributed by atoms with Crippen molar-refractivity contribution in [3.05, 3.63) is 83.7 Å². The van der Waals surface area contributed by atoms with Gasteiger partial charge in [0.2, 0.25) is 0 Å². The lowest BCUT2D eigenvalue weighted by Gasteiger charge is -2.35. The number of aromatic nitrogens is 1. The van der Waals surface area contributed by atoms with Crippen molar-refractivity contribution in [2.45, 2.75) is 26.2 Å². The van der Waals surface area contributed by atoms with Crippen LogP contribution in [0.5, 0.6) is 0 Å². The highest BCUT2D eigenvalue weighted by Crippen LogP contribution is 2.36. The van der Waals surface area contributed by atoms with Gasteiger partial charge in [-0.1, -0.05) is 45.7 Å². The first-order chi connectivity index (χ1) is 14.7. The van der Waals surface area contributed by atoms with Gasteiger partial charge in [-0.3, -0.25) is 4.98 Å². The fourth-order valence-electron chi connectivity index (χ4n) is 4.48. The summed E-state index contributed by atoms with van der Waals surface area (Å²) in [5, 5.41) is 3.43. The Balaban J connectivity index is 1.66. The van der Waals surface area contributed by atoms with Gasteiger partial charge in [0.15, 0.2) is 0 Å². The molecule has 1 N–H and O–H groups in total. The number of hydrogen-bond acceptors (Lipinski definition) is 4. The zero-order valence-electron chi connectivity index (χ0n) is 19.4. The van der Waals surface area contributed by atoms with Crippen molar-refractivity contribution in [3.63, 3.8) is 0 Å². The van der Waals surface area contributed by atoms with E-state index in [-0.39, 0.29) is 5.41 Å². The van der Waals surface area contributed by atoms with Gasteiger partial charge in [-0.2, -0.15) is 0 Å². The molecule has 31 heavy (non-hydrogen) atoms. The number of aryl methyl sites for hydroxylation is 1. The molecule has 0 bridgehead atoms. The largest absolute Gasteiger partial charge is 0.384 e. The monoisotopic (exact) mass is 414 g/mol. The molecule has 2 aliphatic heterocycles. The molecular weight excluding hydrogens is 380 g/mol. The Kier molecular flexibility index (Phi) is 5.52. The molecule has 2 aromatic rings. The number of rotatable bonds is 4. The molecule has 4 heteroatoms. The second-order valence-corrected chi connectivity index (χ2v) is 9.55. The minimum Gasteiger partial charge on any atom is -0.384 e. The standard InChI is InChI=1S/C27H34N4/c1-18(22-8-9-24-19(2)29-17-27(5,6)26(24)15-22)25-14-23(16-28-20(25)3)21(4)31-12-10-30(7)11-13-31/h8-9,14-16,29H,1-2,4,10-13,17H2,3,5-7H3. The highest BCUT2D eigenvalue weighted by atomic mass is 15.2. The molecule has 3 heterocycles. The Hall–Kier alpha value is -2.85. The van der Waals surface area contributed by atoms with E-state index in [1.807, 2.05) is 6.20 Å². The molecule has 162 valence electrons. The number of benzene rings is 1. The molecule has 0 spiro atoms. The second kappa shape index (κ2) is 8.01. The SMILES string of the molecule is C=C1NCC(C)(C)c2cc(C(=C)c3cc(C(=C)N4CCN(C)CC4)cnc3C)ccc21. The zero-order valence-corrected chi connectivity index (χ0v) is 19.4. The van der Waals surface area contributed by atoms with E-state index in [1.165, 1.54) is 11.1 Å². The van der Waals surface area contributed by atoms with Crippen LogP contribution >= 0.6 is 0 Å². The first kappa shape index (κ1) is 21.4. The summed E-state index contributed by atoms with van der Waals surface area (Å²) in [5.74, 6) is 0. The smallest absolute Gasteiger partial charge is 0.0451 e. The van der Waals surface area contributed by atoms with E-state index in [1.54, 1.807) is 0 Å². The second-order valence-electron chi connectivity index (χ2n) is 9.55. The normalized spacial score (nSPS) is 18.3. The first-order valence-corrected chi connectivity index (χ1v) is 11.0. The van der Waals surface area contributed by atoms with Crippen molar-refractivity contribution in [2.75, 3.05) is 39.8 Å². The zero-order chi connectivity index (χ0) is 22.3. The number of piperazine rings is 1. The number of likely N-dealkylation sites (N-methyl/N-ethyl adjacent to an activating group) is 1. The predicted octanol–water partition coefficient (Wildman–Crippen LogP) is 4.52. The van der Waals surface area contributed by atoms with Crippen LogP contribution in [0.1, 0.15) is 47.4 Å². The van der Waals surface area contributed by atoms with E-state index in [0.717, 1.165) is 72.1 Å². The number of nitrogens with zero attached hydrogens (tertiary/aromatic N) is 3. The van der Waals surface area contributed by atoms with Crippen LogP contribution in [0.4, 0.5) is 0 Å². The van der Waals surface area contributed by atoms with Crippen LogP contribution in [0.25, 0.3) is 17.0 Å². The molecule has 0 radical (unpaired) electrons. The molecule has 0 aliphatic carbocycles. The fourth-order valence-corrected chi connectivity index (χ4v) is 4.48.